The van der Waals surface area contributed by atoms with E-state index in [1.54, 1.807) is 0 Å². The Balaban J connectivity index is 2.17. The lowest BCUT2D eigenvalue weighted by Crippen LogP contribution is -2.14. The van der Waals surface area contributed by atoms with E-state index < -0.39 is 0 Å². The van der Waals surface area contributed by atoms with Gasteiger partial charge in [-0.1, -0.05) is 46.3 Å². The van der Waals surface area contributed by atoms with Crippen LogP contribution in [0.2, 0.25) is 0 Å². The quantitative estimate of drug-likeness (QED) is 0.762. The molecule has 3 heteroatoms. The highest BCUT2D eigenvalue weighted by Gasteiger charge is 2.09. The number of hydrogen-bond donors (Lipinski definition) is 1. The molecular formula is C14H13BrIN. The highest BCUT2D eigenvalue weighted by Crippen LogP contribution is 2.22. The summed E-state index contributed by atoms with van der Waals surface area (Å²) < 4.78 is 2.33. The lowest BCUT2D eigenvalue weighted by atomic mass is 10.00. The van der Waals surface area contributed by atoms with Gasteiger partial charge in [-0.15, -0.1) is 0 Å². The van der Waals surface area contributed by atoms with Gasteiger partial charge in [-0.2, -0.15) is 0 Å². The van der Waals surface area contributed by atoms with E-state index in [2.05, 4.69) is 62.8 Å². The van der Waals surface area contributed by atoms with Crippen molar-refractivity contribution in [2.75, 3.05) is 0 Å². The maximum Gasteiger partial charge on any atom is 0.0346 e. The Hall–Kier alpha value is -0.390. The minimum atomic E-state index is 0.0531. The summed E-state index contributed by atoms with van der Waals surface area (Å²) in [6.07, 6.45) is 0.861. The summed E-state index contributed by atoms with van der Waals surface area (Å²) in [6, 6.07) is 16.6. The Morgan fingerprint density at radius 2 is 1.88 bits per heavy atom. The molecule has 1 nitrogen and oxygen atoms in total. The number of benzene rings is 2. The molecule has 0 aliphatic rings. The van der Waals surface area contributed by atoms with Gasteiger partial charge in [0.15, 0.2) is 0 Å². The van der Waals surface area contributed by atoms with Crippen molar-refractivity contribution in [3.8, 4) is 0 Å². The fourth-order valence-corrected chi connectivity index (χ4v) is 3.04. The molecule has 0 saturated heterocycles. The van der Waals surface area contributed by atoms with Crippen LogP contribution >= 0.6 is 38.5 Å². The highest BCUT2D eigenvalue weighted by molar-refractivity contribution is 14.1. The minimum absolute atomic E-state index is 0.0531. The van der Waals surface area contributed by atoms with E-state index in [0.717, 1.165) is 10.9 Å². The third-order valence-electron chi connectivity index (χ3n) is 2.65. The minimum Gasteiger partial charge on any atom is -0.324 e. The maximum absolute atomic E-state index is 6.26. The molecule has 0 radical (unpaired) electrons. The third-order valence-corrected chi connectivity index (χ3v) is 4.12. The van der Waals surface area contributed by atoms with Crippen molar-refractivity contribution in [1.82, 2.24) is 0 Å². The van der Waals surface area contributed by atoms with Crippen LogP contribution in [0.3, 0.4) is 0 Å². The van der Waals surface area contributed by atoms with Gasteiger partial charge in [0.2, 0.25) is 0 Å². The molecule has 88 valence electrons. The molecule has 0 fully saturated rings. The van der Waals surface area contributed by atoms with Gasteiger partial charge < -0.3 is 5.73 Å². The van der Waals surface area contributed by atoms with Gasteiger partial charge in [-0.25, -0.2) is 0 Å². The lowest BCUT2D eigenvalue weighted by Gasteiger charge is -2.14. The van der Waals surface area contributed by atoms with E-state index in [-0.39, 0.29) is 6.04 Å². The second-order valence-corrected chi connectivity index (χ2v) is 6.04. The summed E-state index contributed by atoms with van der Waals surface area (Å²) >= 11 is 5.82. The normalized spacial score (nSPS) is 12.4. The predicted octanol–water partition coefficient (Wildman–Crippen LogP) is 4.30. The number of nitrogens with two attached hydrogens (primary N) is 1. The van der Waals surface area contributed by atoms with Gasteiger partial charge >= 0.3 is 0 Å². The lowest BCUT2D eigenvalue weighted by molar-refractivity contribution is 0.718. The molecular weight excluding hydrogens is 389 g/mol. The molecule has 2 aromatic carbocycles. The summed E-state index contributed by atoms with van der Waals surface area (Å²) in [5.41, 5.74) is 8.73. The van der Waals surface area contributed by atoms with E-state index in [1.165, 1.54) is 14.7 Å². The van der Waals surface area contributed by atoms with E-state index in [0.29, 0.717) is 0 Å². The first-order chi connectivity index (χ1) is 8.16. The zero-order chi connectivity index (χ0) is 12.3. The monoisotopic (exact) mass is 401 g/mol. The Morgan fingerprint density at radius 3 is 2.59 bits per heavy atom. The molecule has 0 bridgehead atoms. The van der Waals surface area contributed by atoms with Crippen LogP contribution in [0, 0.1) is 3.57 Å². The molecule has 2 N–H and O–H groups in total. The zero-order valence-electron chi connectivity index (χ0n) is 9.24. The standard InChI is InChI=1S/C14H13BrIN/c15-11-5-3-4-10(8-11)9-14(17)12-6-1-2-7-13(12)16/h1-8,14H,9,17H2. The molecule has 0 aromatic heterocycles. The van der Waals surface area contributed by atoms with Crippen LogP contribution < -0.4 is 5.73 Å². The second-order valence-electron chi connectivity index (χ2n) is 3.96. The molecule has 0 amide bonds. The van der Waals surface area contributed by atoms with Gasteiger partial charge in [0.25, 0.3) is 0 Å². The smallest absolute Gasteiger partial charge is 0.0346 e. The van der Waals surface area contributed by atoms with Crippen molar-refractivity contribution >= 4 is 38.5 Å². The van der Waals surface area contributed by atoms with Crippen LogP contribution in [0.1, 0.15) is 17.2 Å². The van der Waals surface area contributed by atoms with Gasteiger partial charge in [0.1, 0.15) is 0 Å². The van der Waals surface area contributed by atoms with Crippen molar-refractivity contribution in [3.05, 3.63) is 67.7 Å². The number of rotatable bonds is 3. The van der Waals surface area contributed by atoms with Crippen LogP contribution in [-0.4, -0.2) is 0 Å². The predicted molar refractivity (Wildman–Crippen MR) is 83.9 cm³/mol. The Kier molecular flexibility index (Phi) is 4.59. The van der Waals surface area contributed by atoms with Crippen molar-refractivity contribution in [1.29, 1.82) is 0 Å². The highest BCUT2D eigenvalue weighted by atomic mass is 127. The fourth-order valence-electron chi connectivity index (χ4n) is 1.80. The molecule has 17 heavy (non-hydrogen) atoms. The summed E-state index contributed by atoms with van der Waals surface area (Å²) in [5.74, 6) is 0. The number of halogens is 2. The van der Waals surface area contributed by atoms with Crippen molar-refractivity contribution < 1.29 is 0 Å². The number of hydrogen-bond acceptors (Lipinski definition) is 1. The van der Waals surface area contributed by atoms with Crippen LogP contribution in [0.15, 0.2) is 53.0 Å². The molecule has 0 heterocycles. The molecule has 1 atom stereocenters. The zero-order valence-corrected chi connectivity index (χ0v) is 13.0. The molecule has 2 aromatic rings. The SMILES string of the molecule is NC(Cc1cccc(Br)c1)c1ccccc1I. The van der Waals surface area contributed by atoms with Gasteiger partial charge in [0, 0.05) is 14.1 Å². The molecule has 1 unspecified atom stereocenters. The summed E-state index contributed by atoms with van der Waals surface area (Å²) in [5, 5.41) is 0. The summed E-state index contributed by atoms with van der Waals surface area (Å²) in [4.78, 5) is 0. The largest absolute Gasteiger partial charge is 0.324 e. The molecule has 0 aliphatic heterocycles. The summed E-state index contributed by atoms with van der Waals surface area (Å²) in [7, 11) is 0. The Labute approximate surface area is 124 Å². The first-order valence-corrected chi connectivity index (χ1v) is 7.28. The first-order valence-electron chi connectivity index (χ1n) is 5.41. The Morgan fingerprint density at radius 1 is 1.12 bits per heavy atom. The van der Waals surface area contributed by atoms with E-state index >= 15 is 0 Å². The van der Waals surface area contributed by atoms with Gasteiger partial charge in [-0.05, 0) is 58.3 Å². The molecule has 0 spiro atoms. The van der Waals surface area contributed by atoms with Gasteiger partial charge in [0.05, 0.1) is 0 Å². The Bertz CT molecular complexity index is 513. The van der Waals surface area contributed by atoms with Crippen LogP contribution in [-0.2, 0) is 6.42 Å². The van der Waals surface area contributed by atoms with E-state index in [9.17, 15) is 0 Å². The van der Waals surface area contributed by atoms with Crippen LogP contribution in [0.5, 0.6) is 0 Å². The van der Waals surface area contributed by atoms with Crippen LogP contribution in [0.4, 0.5) is 0 Å². The average Bonchev–Trinajstić information content (AvgIpc) is 2.29. The van der Waals surface area contributed by atoms with Crippen molar-refractivity contribution in [3.63, 3.8) is 0 Å². The third kappa shape index (κ3) is 3.53. The summed E-state index contributed by atoms with van der Waals surface area (Å²) in [6.45, 7) is 0. The van der Waals surface area contributed by atoms with Crippen molar-refractivity contribution in [2.45, 2.75) is 12.5 Å². The topological polar surface area (TPSA) is 26.0 Å². The maximum atomic E-state index is 6.26. The van der Waals surface area contributed by atoms with E-state index in [1.807, 2.05) is 24.3 Å². The molecule has 0 aliphatic carbocycles. The first kappa shape index (κ1) is 13.1. The molecule has 0 saturated carbocycles. The van der Waals surface area contributed by atoms with Crippen molar-refractivity contribution in [2.24, 2.45) is 5.73 Å². The average molecular weight is 402 g/mol. The molecule has 2 rings (SSSR count). The fraction of sp³-hybridized carbons (Fsp3) is 0.143. The van der Waals surface area contributed by atoms with Gasteiger partial charge in [-0.3, -0.25) is 0 Å². The van der Waals surface area contributed by atoms with E-state index in [4.69, 9.17) is 5.73 Å². The second kappa shape index (κ2) is 5.98. The van der Waals surface area contributed by atoms with Crippen LogP contribution in [0.25, 0.3) is 0 Å².